The minimum absolute atomic E-state index is 0.0282. The number of hydrogen-bond acceptors (Lipinski definition) is 5. The number of carbonyl (C=O) groups excluding carboxylic acids is 1. The average molecular weight is 349 g/mol. The van der Waals surface area contributed by atoms with Gasteiger partial charge in [0, 0.05) is 12.3 Å². The highest BCUT2D eigenvalue weighted by molar-refractivity contribution is 7.89. The van der Waals surface area contributed by atoms with Crippen molar-refractivity contribution in [2.24, 2.45) is 5.14 Å². The van der Waals surface area contributed by atoms with Crippen LogP contribution in [0.3, 0.4) is 0 Å². The third kappa shape index (κ3) is 4.53. The van der Waals surface area contributed by atoms with Crippen molar-refractivity contribution >= 4 is 15.9 Å². The molecule has 0 radical (unpaired) electrons. The van der Waals surface area contributed by atoms with Crippen LogP contribution < -0.4 is 15.2 Å². The fraction of sp³-hybridized carbons (Fsp3) is 0.250. The van der Waals surface area contributed by atoms with Crippen LogP contribution in [0.2, 0.25) is 0 Å². The van der Waals surface area contributed by atoms with Crippen LogP contribution in [0.25, 0.3) is 0 Å². The summed E-state index contributed by atoms with van der Waals surface area (Å²) in [5.74, 6) is 0.175. The molecule has 0 aliphatic carbocycles. The number of ether oxygens (including phenoxy) is 1. The maximum absolute atomic E-state index is 12.2. The van der Waals surface area contributed by atoms with Crippen molar-refractivity contribution in [2.75, 3.05) is 6.61 Å². The van der Waals surface area contributed by atoms with E-state index >= 15 is 0 Å². The Morgan fingerprint density at radius 1 is 1.25 bits per heavy atom. The van der Waals surface area contributed by atoms with E-state index in [2.05, 4.69) is 10.3 Å². The smallest absolute Gasteiger partial charge is 0.253 e. The molecule has 128 valence electrons. The van der Waals surface area contributed by atoms with Crippen LogP contribution in [0.4, 0.5) is 0 Å². The molecule has 3 N–H and O–H groups in total. The van der Waals surface area contributed by atoms with E-state index in [1.165, 1.54) is 18.3 Å². The lowest BCUT2D eigenvalue weighted by molar-refractivity contribution is 0.0939. The number of hydrogen-bond donors (Lipinski definition) is 2. The maximum Gasteiger partial charge on any atom is 0.253 e. The molecule has 0 spiro atoms. The number of benzene rings is 1. The van der Waals surface area contributed by atoms with Crippen LogP contribution in [0.1, 0.15) is 35.8 Å². The quantitative estimate of drug-likeness (QED) is 0.823. The Hall–Kier alpha value is -2.45. The van der Waals surface area contributed by atoms with E-state index in [0.717, 1.165) is 5.56 Å². The van der Waals surface area contributed by atoms with Crippen molar-refractivity contribution in [1.29, 1.82) is 0 Å². The van der Waals surface area contributed by atoms with Crippen molar-refractivity contribution in [3.05, 3.63) is 53.7 Å². The first-order valence-corrected chi connectivity index (χ1v) is 8.88. The standard InChI is InChI=1S/C16H19N3O4S/c1-3-23-15-9-6-13(10-18-15)16(20)19-11(2)12-4-7-14(8-5-12)24(17,21)22/h4-11H,3H2,1-2H3,(H,19,20)(H2,17,21,22)/t11-/m1/s1. The largest absolute Gasteiger partial charge is 0.478 e. The number of nitrogens with two attached hydrogens (primary N) is 1. The minimum Gasteiger partial charge on any atom is -0.478 e. The van der Waals surface area contributed by atoms with Crippen molar-refractivity contribution in [2.45, 2.75) is 24.8 Å². The monoisotopic (exact) mass is 349 g/mol. The van der Waals surface area contributed by atoms with E-state index in [0.29, 0.717) is 18.1 Å². The molecule has 1 atom stereocenters. The molecule has 0 saturated carbocycles. The van der Waals surface area contributed by atoms with Gasteiger partial charge in [-0.15, -0.1) is 0 Å². The molecule has 1 aromatic carbocycles. The van der Waals surface area contributed by atoms with Crippen LogP contribution in [-0.4, -0.2) is 25.9 Å². The normalized spacial score (nSPS) is 12.5. The Bertz CT molecular complexity index is 802. The molecule has 1 aromatic heterocycles. The zero-order chi connectivity index (χ0) is 17.7. The van der Waals surface area contributed by atoms with Gasteiger partial charge in [-0.2, -0.15) is 0 Å². The number of aromatic nitrogens is 1. The maximum atomic E-state index is 12.2. The molecule has 7 nitrogen and oxygen atoms in total. The number of pyridine rings is 1. The summed E-state index contributed by atoms with van der Waals surface area (Å²) >= 11 is 0. The van der Waals surface area contributed by atoms with Gasteiger partial charge < -0.3 is 10.1 Å². The summed E-state index contributed by atoms with van der Waals surface area (Å²) in [4.78, 5) is 16.3. The molecular formula is C16H19N3O4S. The van der Waals surface area contributed by atoms with Crippen LogP contribution in [0, 0.1) is 0 Å². The molecule has 24 heavy (non-hydrogen) atoms. The van der Waals surface area contributed by atoms with E-state index < -0.39 is 10.0 Å². The molecular weight excluding hydrogens is 330 g/mol. The Kier molecular flexibility index (Phi) is 5.53. The van der Waals surface area contributed by atoms with E-state index in [-0.39, 0.29) is 16.8 Å². The summed E-state index contributed by atoms with van der Waals surface area (Å²) in [5, 5.41) is 7.88. The second-order valence-corrected chi connectivity index (χ2v) is 6.69. The van der Waals surface area contributed by atoms with Gasteiger partial charge in [0.2, 0.25) is 15.9 Å². The molecule has 2 aromatic rings. The van der Waals surface area contributed by atoms with E-state index in [1.54, 1.807) is 31.2 Å². The van der Waals surface area contributed by atoms with Gasteiger partial charge in [-0.1, -0.05) is 12.1 Å². The molecule has 0 bridgehead atoms. The highest BCUT2D eigenvalue weighted by Crippen LogP contribution is 2.16. The molecule has 1 heterocycles. The molecule has 2 rings (SSSR count). The van der Waals surface area contributed by atoms with Crippen LogP contribution in [0.15, 0.2) is 47.5 Å². The molecule has 8 heteroatoms. The summed E-state index contributed by atoms with van der Waals surface area (Å²) in [6.07, 6.45) is 1.44. The van der Waals surface area contributed by atoms with Gasteiger partial charge in [-0.25, -0.2) is 18.5 Å². The topological polar surface area (TPSA) is 111 Å². The van der Waals surface area contributed by atoms with Gasteiger partial charge in [0.1, 0.15) is 0 Å². The van der Waals surface area contributed by atoms with Crippen LogP contribution >= 0.6 is 0 Å². The first-order chi connectivity index (χ1) is 11.3. The van der Waals surface area contributed by atoms with Gasteiger partial charge in [0.15, 0.2) is 0 Å². The lowest BCUT2D eigenvalue weighted by Gasteiger charge is -2.15. The predicted octanol–water partition coefficient (Wildman–Crippen LogP) is 1.62. The van der Waals surface area contributed by atoms with Gasteiger partial charge in [-0.05, 0) is 37.6 Å². The fourth-order valence-electron chi connectivity index (χ4n) is 2.06. The average Bonchev–Trinajstić information content (AvgIpc) is 2.55. The first-order valence-electron chi connectivity index (χ1n) is 7.33. The third-order valence-electron chi connectivity index (χ3n) is 3.35. The highest BCUT2D eigenvalue weighted by atomic mass is 32.2. The Balaban J connectivity index is 2.05. The lowest BCUT2D eigenvalue weighted by Crippen LogP contribution is -2.26. The number of amides is 1. The van der Waals surface area contributed by atoms with Crippen molar-refractivity contribution in [3.8, 4) is 5.88 Å². The summed E-state index contributed by atoms with van der Waals surface area (Å²) in [6.45, 7) is 4.15. The Morgan fingerprint density at radius 3 is 2.42 bits per heavy atom. The molecule has 0 aliphatic rings. The summed E-state index contributed by atoms with van der Waals surface area (Å²) < 4.78 is 27.7. The van der Waals surface area contributed by atoms with Gasteiger partial charge in [0.25, 0.3) is 5.91 Å². The minimum atomic E-state index is -3.73. The SMILES string of the molecule is CCOc1ccc(C(=O)N[C@H](C)c2ccc(S(N)(=O)=O)cc2)cn1. The zero-order valence-electron chi connectivity index (χ0n) is 13.4. The van der Waals surface area contributed by atoms with Gasteiger partial charge >= 0.3 is 0 Å². The van der Waals surface area contributed by atoms with Crippen molar-refractivity contribution in [3.63, 3.8) is 0 Å². The Morgan fingerprint density at radius 2 is 1.92 bits per heavy atom. The molecule has 0 aliphatic heterocycles. The fourth-order valence-corrected chi connectivity index (χ4v) is 2.57. The molecule has 0 unspecified atom stereocenters. The van der Waals surface area contributed by atoms with Gasteiger partial charge in [0.05, 0.1) is 23.1 Å². The molecule has 1 amide bonds. The van der Waals surface area contributed by atoms with Crippen LogP contribution in [-0.2, 0) is 10.0 Å². The van der Waals surface area contributed by atoms with Crippen molar-refractivity contribution < 1.29 is 17.9 Å². The van der Waals surface area contributed by atoms with Gasteiger partial charge in [-0.3, -0.25) is 4.79 Å². The van der Waals surface area contributed by atoms with E-state index in [9.17, 15) is 13.2 Å². The number of nitrogens with zero attached hydrogens (tertiary/aromatic N) is 1. The number of primary sulfonamides is 1. The van der Waals surface area contributed by atoms with Crippen LogP contribution in [0.5, 0.6) is 5.88 Å². The zero-order valence-corrected chi connectivity index (χ0v) is 14.2. The van der Waals surface area contributed by atoms with Crippen molar-refractivity contribution in [1.82, 2.24) is 10.3 Å². The highest BCUT2D eigenvalue weighted by Gasteiger charge is 2.13. The first kappa shape index (κ1) is 17.9. The third-order valence-corrected chi connectivity index (χ3v) is 4.28. The van der Waals surface area contributed by atoms with E-state index in [1.807, 2.05) is 6.92 Å². The molecule has 0 saturated heterocycles. The number of sulfonamides is 1. The Labute approximate surface area is 140 Å². The number of carbonyl (C=O) groups is 1. The number of rotatable bonds is 6. The lowest BCUT2D eigenvalue weighted by atomic mass is 10.1. The second-order valence-electron chi connectivity index (χ2n) is 5.13. The molecule has 0 fully saturated rings. The second kappa shape index (κ2) is 7.41. The summed E-state index contributed by atoms with van der Waals surface area (Å²) in [5.41, 5.74) is 1.17. The summed E-state index contributed by atoms with van der Waals surface area (Å²) in [7, 11) is -3.73. The number of nitrogens with one attached hydrogen (secondary N) is 1. The predicted molar refractivity (Wildman–Crippen MR) is 89.1 cm³/mol. The van der Waals surface area contributed by atoms with E-state index in [4.69, 9.17) is 9.88 Å². The summed E-state index contributed by atoms with van der Waals surface area (Å²) in [6, 6.07) is 8.99.